The molecule has 0 spiro atoms. The Labute approximate surface area is 208 Å². The molecule has 172 valence electrons. The predicted octanol–water partition coefficient (Wildman–Crippen LogP) is 3.70. The highest BCUT2D eigenvalue weighted by atomic mass is 79.9. The Bertz CT molecular complexity index is 1140. The number of amides is 1. The van der Waals surface area contributed by atoms with Crippen LogP contribution >= 0.6 is 31.9 Å². The van der Waals surface area contributed by atoms with Gasteiger partial charge >= 0.3 is 0 Å². The van der Waals surface area contributed by atoms with Crippen LogP contribution < -0.4 is 14.7 Å². The molecule has 0 unspecified atom stereocenters. The first-order valence-electron chi connectivity index (χ1n) is 10.6. The molecule has 0 saturated carbocycles. The van der Waals surface area contributed by atoms with Crippen molar-refractivity contribution in [1.29, 1.82) is 0 Å². The molecule has 1 amide bonds. The van der Waals surface area contributed by atoms with Gasteiger partial charge in [0.2, 0.25) is 0 Å². The number of furan rings is 1. The third-order valence-corrected chi connectivity index (χ3v) is 7.49. The van der Waals surface area contributed by atoms with E-state index in [1.807, 2.05) is 36.1 Å². The summed E-state index contributed by atoms with van der Waals surface area (Å²) in [4.78, 5) is 20.1. The molecule has 33 heavy (non-hydrogen) atoms. The van der Waals surface area contributed by atoms with E-state index in [4.69, 9.17) is 9.15 Å². The average Bonchev–Trinajstić information content (AvgIpc) is 3.38. The molecule has 1 aliphatic heterocycles. The summed E-state index contributed by atoms with van der Waals surface area (Å²) in [5, 5.41) is 12.7. The average molecular weight is 577 g/mol. The van der Waals surface area contributed by atoms with Crippen LogP contribution in [-0.2, 0) is 0 Å². The van der Waals surface area contributed by atoms with E-state index in [-0.39, 0.29) is 17.4 Å². The molecule has 0 atom stereocenters. The second-order valence-electron chi connectivity index (χ2n) is 7.52. The highest BCUT2D eigenvalue weighted by Gasteiger charge is 2.26. The smallest absolute Gasteiger partial charge is 0.289 e. The fourth-order valence-electron chi connectivity index (χ4n) is 3.73. The van der Waals surface area contributed by atoms with E-state index in [2.05, 4.69) is 36.9 Å². The molecule has 9 heteroatoms. The van der Waals surface area contributed by atoms with E-state index in [1.54, 1.807) is 24.4 Å². The summed E-state index contributed by atoms with van der Waals surface area (Å²) in [5.74, 6) is 0.399. The number of benzene rings is 2. The zero-order valence-corrected chi connectivity index (χ0v) is 21.2. The Hall–Kier alpha value is -2.62. The number of nitrogens with zero attached hydrogens (tertiary/aromatic N) is 2. The lowest BCUT2D eigenvalue weighted by Crippen LogP contribution is -3.10. The topological polar surface area (TPSA) is 82.5 Å². The summed E-state index contributed by atoms with van der Waals surface area (Å²) >= 11 is 6.90. The largest absolute Gasteiger partial charge is 0.869 e. The third kappa shape index (κ3) is 5.31. The minimum atomic E-state index is -0.210. The first kappa shape index (κ1) is 23.5. The second kappa shape index (κ2) is 10.5. The summed E-state index contributed by atoms with van der Waals surface area (Å²) in [6, 6.07) is 13.0. The van der Waals surface area contributed by atoms with Crippen molar-refractivity contribution in [3.05, 3.63) is 69.0 Å². The third-order valence-electron chi connectivity index (χ3n) is 5.48. The molecule has 0 radical (unpaired) electrons. The molecule has 1 N–H and O–H groups in total. The van der Waals surface area contributed by atoms with Crippen molar-refractivity contribution < 1.29 is 24.0 Å². The lowest BCUT2D eigenvalue weighted by molar-refractivity contribution is -0.837. The Kier molecular flexibility index (Phi) is 7.52. The van der Waals surface area contributed by atoms with Gasteiger partial charge in [0.25, 0.3) is 5.91 Å². The normalized spacial score (nSPS) is 14.7. The van der Waals surface area contributed by atoms with Crippen molar-refractivity contribution in [2.45, 2.75) is 6.92 Å². The first-order chi connectivity index (χ1) is 16.0. The van der Waals surface area contributed by atoms with Gasteiger partial charge in [0.15, 0.2) is 5.76 Å². The van der Waals surface area contributed by atoms with Gasteiger partial charge in [-0.1, -0.05) is 5.75 Å². The van der Waals surface area contributed by atoms with Gasteiger partial charge in [0.1, 0.15) is 11.4 Å². The summed E-state index contributed by atoms with van der Waals surface area (Å²) < 4.78 is 12.0. The highest BCUT2D eigenvalue weighted by Crippen LogP contribution is 2.38. The molecule has 3 aromatic rings. The monoisotopic (exact) mass is 575 g/mol. The van der Waals surface area contributed by atoms with Gasteiger partial charge in [-0.25, -0.2) is 0 Å². The summed E-state index contributed by atoms with van der Waals surface area (Å²) in [5.41, 5.74) is 2.32. The van der Waals surface area contributed by atoms with E-state index in [1.165, 1.54) is 11.2 Å². The van der Waals surface area contributed by atoms with Crippen LogP contribution in [0.4, 0.5) is 11.4 Å². The van der Waals surface area contributed by atoms with Crippen molar-refractivity contribution in [2.75, 3.05) is 32.8 Å². The van der Waals surface area contributed by atoms with Crippen LogP contribution in [0.15, 0.2) is 67.1 Å². The molecule has 0 aliphatic carbocycles. The van der Waals surface area contributed by atoms with Gasteiger partial charge in [-0.15, -0.1) is 0 Å². The summed E-state index contributed by atoms with van der Waals surface area (Å²) in [6.45, 7) is 5.22. The fraction of sp³-hybridized carbons (Fsp3) is 0.250. The lowest BCUT2D eigenvalue weighted by atomic mass is 10.2. The zero-order chi connectivity index (χ0) is 23.4. The van der Waals surface area contributed by atoms with E-state index in [9.17, 15) is 9.90 Å². The number of aliphatic imine (C=N–C) groups is 1. The number of ether oxygens (including phenoxy) is 1. The van der Waals surface area contributed by atoms with E-state index in [0.29, 0.717) is 35.5 Å². The van der Waals surface area contributed by atoms with Gasteiger partial charge in [-0.3, -0.25) is 14.7 Å². The number of halogens is 2. The van der Waals surface area contributed by atoms with Crippen LogP contribution in [0.5, 0.6) is 11.5 Å². The number of hydrogen-bond donors (Lipinski definition) is 1. The van der Waals surface area contributed by atoms with Crippen molar-refractivity contribution in [3.63, 3.8) is 0 Å². The standard InChI is InChI=1S/C24H23Br2N3O4/c1-2-32-21-14-19(25)22(26)18(23(21)30)15-27-16-5-7-17(8-6-16)28-9-11-29(12-10-28)24(31)20-4-3-13-33-20/h3-8,13-15,30H,2,9-12H2,1H3. The van der Waals surface area contributed by atoms with Crippen LogP contribution in [0.3, 0.4) is 0 Å². The molecule has 0 bridgehead atoms. The number of nitrogens with one attached hydrogen (secondary N) is 1. The Balaban J connectivity index is 1.41. The van der Waals surface area contributed by atoms with Crippen LogP contribution in [0.1, 0.15) is 23.0 Å². The first-order valence-corrected chi connectivity index (χ1v) is 12.2. The molecule has 1 aliphatic rings. The van der Waals surface area contributed by atoms with Gasteiger partial charge in [-0.05, 0) is 69.1 Å². The summed E-state index contributed by atoms with van der Waals surface area (Å²) in [6.07, 6.45) is 3.07. The SMILES string of the molecule is CCOc1cc(Br)c(Br)c(C=Nc2ccc([NH+]3CCN(C(=O)c4ccco4)CC3)cc2)c1[O-]. The molecule has 4 rings (SSSR count). The highest BCUT2D eigenvalue weighted by molar-refractivity contribution is 9.13. The minimum absolute atomic E-state index is 0.0623. The number of rotatable bonds is 6. The van der Waals surface area contributed by atoms with Gasteiger partial charge < -0.3 is 19.2 Å². The van der Waals surface area contributed by atoms with Crippen LogP contribution in [0, 0.1) is 0 Å². The second-order valence-corrected chi connectivity index (χ2v) is 9.17. The van der Waals surface area contributed by atoms with E-state index < -0.39 is 0 Å². The van der Waals surface area contributed by atoms with Crippen LogP contribution in [-0.4, -0.2) is 49.8 Å². The maximum absolute atomic E-state index is 12.7. The molecule has 1 fully saturated rings. The molecular formula is C24H23Br2N3O4. The number of hydrogen-bond acceptors (Lipinski definition) is 5. The van der Waals surface area contributed by atoms with Crippen molar-refractivity contribution in [1.82, 2.24) is 4.90 Å². The Morgan fingerprint density at radius 2 is 1.97 bits per heavy atom. The van der Waals surface area contributed by atoms with Gasteiger partial charge in [0, 0.05) is 32.9 Å². The number of quaternary nitrogens is 1. The maximum Gasteiger partial charge on any atom is 0.289 e. The van der Waals surface area contributed by atoms with E-state index in [0.717, 1.165) is 28.9 Å². The predicted molar refractivity (Wildman–Crippen MR) is 131 cm³/mol. The number of carbonyl (C=O) groups excluding carboxylic acids is 1. The fourth-order valence-corrected chi connectivity index (χ4v) is 4.55. The van der Waals surface area contributed by atoms with Crippen molar-refractivity contribution in [2.24, 2.45) is 4.99 Å². The van der Waals surface area contributed by atoms with Crippen molar-refractivity contribution >= 4 is 55.4 Å². The number of piperazine rings is 1. The maximum atomic E-state index is 12.7. The zero-order valence-electron chi connectivity index (χ0n) is 18.0. The molecule has 1 saturated heterocycles. The van der Waals surface area contributed by atoms with Gasteiger partial charge in [0.05, 0.1) is 44.7 Å². The van der Waals surface area contributed by atoms with Crippen molar-refractivity contribution in [3.8, 4) is 11.5 Å². The molecule has 2 aromatic carbocycles. The molecule has 2 heterocycles. The molecule has 1 aromatic heterocycles. The van der Waals surface area contributed by atoms with Crippen LogP contribution in [0.2, 0.25) is 0 Å². The molecular weight excluding hydrogens is 554 g/mol. The Morgan fingerprint density at radius 1 is 1.24 bits per heavy atom. The quantitative estimate of drug-likeness (QED) is 0.454. The summed E-state index contributed by atoms with van der Waals surface area (Å²) in [7, 11) is 0. The number of carbonyl (C=O) groups is 1. The van der Waals surface area contributed by atoms with Gasteiger partial charge in [-0.2, -0.15) is 0 Å². The lowest BCUT2D eigenvalue weighted by Gasteiger charge is -2.31. The van der Waals surface area contributed by atoms with E-state index >= 15 is 0 Å². The Morgan fingerprint density at radius 3 is 2.61 bits per heavy atom. The van der Waals surface area contributed by atoms with Crippen LogP contribution in [0.25, 0.3) is 0 Å². The minimum Gasteiger partial charge on any atom is -0.869 e. The molecule has 7 nitrogen and oxygen atoms in total.